The van der Waals surface area contributed by atoms with E-state index in [1.54, 1.807) is 0 Å². The van der Waals surface area contributed by atoms with Gasteiger partial charge in [0.2, 0.25) is 5.95 Å². The molecule has 1 aliphatic rings. The Labute approximate surface area is 94.7 Å². The fraction of sp³-hybridized carbons (Fsp3) is 0.417. The number of hydrogen-bond acceptors (Lipinski definition) is 3. The van der Waals surface area contributed by atoms with Crippen molar-refractivity contribution >= 4 is 22.7 Å². The molecule has 2 aromatic rings. The first kappa shape index (κ1) is 9.51. The molecule has 0 amide bonds. The first-order valence-corrected chi connectivity index (χ1v) is 5.72. The van der Waals surface area contributed by atoms with Crippen molar-refractivity contribution in [1.82, 2.24) is 9.55 Å². The Kier molecular flexibility index (Phi) is 2.02. The largest absolute Gasteiger partial charge is 0.399 e. The fourth-order valence-corrected chi connectivity index (χ4v) is 2.36. The summed E-state index contributed by atoms with van der Waals surface area (Å²) >= 11 is 0. The number of rotatable bonds is 0. The minimum absolute atomic E-state index is 0.781. The standard InChI is InChI=1S/C12H16N4/c1-15-6-2-3-7-16-11-5-4-9(13)8-10(11)14-12(15)16/h4-5,8H,2-3,6-7,13H2,1H3. The van der Waals surface area contributed by atoms with Crippen LogP contribution >= 0.6 is 0 Å². The maximum atomic E-state index is 5.78. The Balaban J connectivity index is 2.25. The predicted molar refractivity (Wildman–Crippen MR) is 66.6 cm³/mol. The number of benzene rings is 1. The lowest BCUT2D eigenvalue weighted by molar-refractivity contribution is 0.668. The van der Waals surface area contributed by atoms with Crippen LogP contribution in [0, 0.1) is 0 Å². The molecule has 0 fully saturated rings. The van der Waals surface area contributed by atoms with Gasteiger partial charge in [0.25, 0.3) is 0 Å². The molecule has 2 N–H and O–H groups in total. The van der Waals surface area contributed by atoms with Gasteiger partial charge >= 0.3 is 0 Å². The quantitative estimate of drug-likeness (QED) is 0.684. The molecular weight excluding hydrogens is 200 g/mol. The average Bonchev–Trinajstić information content (AvgIpc) is 2.52. The lowest BCUT2D eigenvalue weighted by Gasteiger charge is -2.14. The van der Waals surface area contributed by atoms with E-state index in [1.165, 1.54) is 18.4 Å². The second-order valence-corrected chi connectivity index (χ2v) is 4.44. The minimum atomic E-state index is 0.781. The molecule has 2 heterocycles. The predicted octanol–water partition coefficient (Wildman–Crippen LogP) is 1.85. The summed E-state index contributed by atoms with van der Waals surface area (Å²) in [5, 5.41) is 0. The van der Waals surface area contributed by atoms with E-state index in [0.717, 1.165) is 30.2 Å². The number of nitrogen functional groups attached to an aromatic ring is 1. The Hall–Kier alpha value is -1.71. The van der Waals surface area contributed by atoms with Gasteiger partial charge in [0.1, 0.15) is 0 Å². The van der Waals surface area contributed by atoms with Crippen molar-refractivity contribution in [2.75, 3.05) is 24.2 Å². The zero-order valence-electron chi connectivity index (χ0n) is 9.48. The highest BCUT2D eigenvalue weighted by Crippen LogP contribution is 2.26. The third-order valence-corrected chi connectivity index (χ3v) is 3.22. The zero-order valence-corrected chi connectivity index (χ0v) is 9.48. The molecule has 0 radical (unpaired) electrons. The van der Waals surface area contributed by atoms with E-state index in [4.69, 9.17) is 5.73 Å². The van der Waals surface area contributed by atoms with Crippen molar-refractivity contribution < 1.29 is 0 Å². The number of aromatic nitrogens is 2. The highest BCUT2D eigenvalue weighted by molar-refractivity contribution is 5.82. The topological polar surface area (TPSA) is 47.1 Å². The van der Waals surface area contributed by atoms with Crippen LogP contribution in [0.2, 0.25) is 0 Å². The Bertz CT molecular complexity index is 529. The van der Waals surface area contributed by atoms with Crippen molar-refractivity contribution in [3.63, 3.8) is 0 Å². The number of nitrogens with two attached hydrogens (primary N) is 1. The number of aryl methyl sites for hydroxylation is 1. The van der Waals surface area contributed by atoms with Gasteiger partial charge in [0, 0.05) is 25.8 Å². The molecule has 1 aliphatic heterocycles. The molecule has 0 bridgehead atoms. The van der Waals surface area contributed by atoms with Gasteiger partial charge in [-0.2, -0.15) is 0 Å². The van der Waals surface area contributed by atoms with Crippen LogP contribution in [0.5, 0.6) is 0 Å². The molecule has 0 unspecified atom stereocenters. The highest BCUT2D eigenvalue weighted by atomic mass is 15.3. The van der Waals surface area contributed by atoms with Crippen LogP contribution in [0.4, 0.5) is 11.6 Å². The highest BCUT2D eigenvalue weighted by Gasteiger charge is 2.16. The minimum Gasteiger partial charge on any atom is -0.399 e. The number of nitrogens with zero attached hydrogens (tertiary/aromatic N) is 3. The Morgan fingerprint density at radius 1 is 1.25 bits per heavy atom. The maximum absolute atomic E-state index is 5.78. The van der Waals surface area contributed by atoms with Crippen molar-refractivity contribution in [1.29, 1.82) is 0 Å². The second kappa shape index (κ2) is 3.40. The lowest BCUT2D eigenvalue weighted by Crippen LogP contribution is -2.19. The van der Waals surface area contributed by atoms with Gasteiger partial charge in [-0.15, -0.1) is 0 Å². The molecule has 1 aromatic carbocycles. The summed E-state index contributed by atoms with van der Waals surface area (Å²) < 4.78 is 2.29. The molecule has 0 spiro atoms. The van der Waals surface area contributed by atoms with E-state index < -0.39 is 0 Å². The molecule has 84 valence electrons. The number of fused-ring (bicyclic) bond motifs is 3. The summed E-state index contributed by atoms with van der Waals surface area (Å²) in [5.41, 5.74) is 8.76. The number of imidazole rings is 1. The zero-order chi connectivity index (χ0) is 11.1. The summed E-state index contributed by atoms with van der Waals surface area (Å²) in [6.07, 6.45) is 2.45. The number of hydrogen-bond donors (Lipinski definition) is 1. The monoisotopic (exact) mass is 216 g/mol. The van der Waals surface area contributed by atoms with Crippen LogP contribution in [0.15, 0.2) is 18.2 Å². The van der Waals surface area contributed by atoms with Crippen LogP contribution in [0.1, 0.15) is 12.8 Å². The van der Waals surface area contributed by atoms with Crippen LogP contribution in [0.25, 0.3) is 11.0 Å². The summed E-state index contributed by atoms with van der Waals surface area (Å²) in [6.45, 7) is 2.14. The molecule has 16 heavy (non-hydrogen) atoms. The van der Waals surface area contributed by atoms with E-state index in [9.17, 15) is 0 Å². The molecular formula is C12H16N4. The maximum Gasteiger partial charge on any atom is 0.206 e. The molecule has 0 saturated heterocycles. The SMILES string of the molecule is CN1CCCCn2c1nc1cc(N)ccc12. The number of anilines is 2. The van der Waals surface area contributed by atoms with E-state index >= 15 is 0 Å². The van der Waals surface area contributed by atoms with Gasteiger partial charge in [-0.05, 0) is 31.0 Å². The summed E-state index contributed by atoms with van der Waals surface area (Å²) in [7, 11) is 2.10. The first-order valence-electron chi connectivity index (χ1n) is 5.72. The second-order valence-electron chi connectivity index (χ2n) is 4.44. The fourth-order valence-electron chi connectivity index (χ4n) is 2.36. The van der Waals surface area contributed by atoms with Crippen molar-refractivity contribution in [3.8, 4) is 0 Å². The van der Waals surface area contributed by atoms with Gasteiger partial charge in [-0.25, -0.2) is 4.98 Å². The average molecular weight is 216 g/mol. The third-order valence-electron chi connectivity index (χ3n) is 3.22. The lowest BCUT2D eigenvalue weighted by atomic mass is 10.2. The van der Waals surface area contributed by atoms with Crippen molar-refractivity contribution in [3.05, 3.63) is 18.2 Å². The van der Waals surface area contributed by atoms with E-state index in [-0.39, 0.29) is 0 Å². The first-order chi connectivity index (χ1) is 7.75. The smallest absolute Gasteiger partial charge is 0.206 e. The van der Waals surface area contributed by atoms with Crippen molar-refractivity contribution in [2.45, 2.75) is 19.4 Å². The van der Waals surface area contributed by atoms with E-state index in [1.807, 2.05) is 12.1 Å². The third kappa shape index (κ3) is 1.33. The molecule has 3 rings (SSSR count). The molecule has 0 atom stereocenters. The van der Waals surface area contributed by atoms with Crippen LogP contribution in [-0.2, 0) is 6.54 Å². The van der Waals surface area contributed by atoms with Gasteiger partial charge in [-0.3, -0.25) is 0 Å². The molecule has 0 aliphatic carbocycles. The van der Waals surface area contributed by atoms with Crippen LogP contribution in [-0.4, -0.2) is 23.1 Å². The van der Waals surface area contributed by atoms with Crippen LogP contribution in [0.3, 0.4) is 0 Å². The molecule has 1 aromatic heterocycles. The summed E-state index contributed by atoms with van der Waals surface area (Å²) in [5.74, 6) is 1.07. The van der Waals surface area contributed by atoms with Crippen LogP contribution < -0.4 is 10.6 Å². The molecule has 4 heteroatoms. The van der Waals surface area contributed by atoms with E-state index in [0.29, 0.717) is 0 Å². The molecule has 0 saturated carbocycles. The van der Waals surface area contributed by atoms with Gasteiger partial charge in [0.05, 0.1) is 11.0 Å². The summed E-state index contributed by atoms with van der Waals surface area (Å²) in [6, 6.07) is 5.97. The van der Waals surface area contributed by atoms with Gasteiger partial charge in [0.15, 0.2) is 0 Å². The Morgan fingerprint density at radius 2 is 2.06 bits per heavy atom. The molecule has 4 nitrogen and oxygen atoms in total. The summed E-state index contributed by atoms with van der Waals surface area (Å²) in [4.78, 5) is 6.89. The van der Waals surface area contributed by atoms with Gasteiger partial charge in [-0.1, -0.05) is 0 Å². The van der Waals surface area contributed by atoms with Gasteiger partial charge < -0.3 is 15.2 Å². The van der Waals surface area contributed by atoms with Crippen molar-refractivity contribution in [2.24, 2.45) is 0 Å². The van der Waals surface area contributed by atoms with E-state index in [2.05, 4.69) is 27.6 Å². The normalized spacial score (nSPS) is 16.2. The Morgan fingerprint density at radius 3 is 2.94 bits per heavy atom.